The maximum atomic E-state index is 11.9. The molecule has 1 atom stereocenters. The molecule has 0 heterocycles. The lowest BCUT2D eigenvalue weighted by Gasteiger charge is -2.12. The lowest BCUT2D eigenvalue weighted by molar-refractivity contribution is 0.0944. The van der Waals surface area contributed by atoms with Gasteiger partial charge < -0.3 is 5.32 Å². The summed E-state index contributed by atoms with van der Waals surface area (Å²) in [6.07, 6.45) is 1.42. The van der Waals surface area contributed by atoms with E-state index in [-0.39, 0.29) is 15.6 Å². The van der Waals surface area contributed by atoms with Gasteiger partial charge in [0.15, 0.2) is 0 Å². The highest BCUT2D eigenvalue weighted by Gasteiger charge is 2.17. The zero-order chi connectivity index (χ0) is 12.8. The Morgan fingerprint density at radius 2 is 2.06 bits per heavy atom. The summed E-state index contributed by atoms with van der Waals surface area (Å²) in [4.78, 5) is 11.9. The van der Waals surface area contributed by atoms with Gasteiger partial charge in [0, 0.05) is 0 Å². The van der Waals surface area contributed by atoms with Crippen LogP contribution >= 0.6 is 23.2 Å². The Labute approximate surface area is 110 Å². The number of nitrogens with zero attached hydrogens (tertiary/aromatic N) is 1. The molecule has 0 bridgehead atoms. The molecule has 5 heteroatoms. The molecular formula is C12H12Cl2N2O. The Balaban J connectivity index is 2.87. The second kappa shape index (κ2) is 6.48. The van der Waals surface area contributed by atoms with Crippen LogP contribution in [0.1, 0.15) is 30.1 Å². The topological polar surface area (TPSA) is 52.9 Å². The van der Waals surface area contributed by atoms with Crippen LogP contribution in [0.3, 0.4) is 0 Å². The van der Waals surface area contributed by atoms with Gasteiger partial charge in [-0.15, -0.1) is 0 Å². The third-order valence-electron chi connectivity index (χ3n) is 2.23. The Morgan fingerprint density at radius 1 is 1.47 bits per heavy atom. The number of carbonyl (C=O) groups is 1. The molecule has 0 radical (unpaired) electrons. The van der Waals surface area contributed by atoms with Crippen molar-refractivity contribution in [2.75, 3.05) is 0 Å². The van der Waals surface area contributed by atoms with Crippen LogP contribution in [0, 0.1) is 11.3 Å². The Kier molecular flexibility index (Phi) is 5.27. The van der Waals surface area contributed by atoms with Crippen LogP contribution in [0.5, 0.6) is 0 Å². The van der Waals surface area contributed by atoms with Crippen LogP contribution < -0.4 is 5.32 Å². The third kappa shape index (κ3) is 3.62. The van der Waals surface area contributed by atoms with Gasteiger partial charge in [-0.05, 0) is 18.6 Å². The van der Waals surface area contributed by atoms with Gasteiger partial charge in [0.1, 0.15) is 6.04 Å². The first-order valence-electron chi connectivity index (χ1n) is 5.24. The molecule has 1 aromatic rings. The molecule has 1 amide bonds. The number of nitrogens with one attached hydrogen (secondary N) is 1. The first-order chi connectivity index (χ1) is 8.10. The predicted molar refractivity (Wildman–Crippen MR) is 68.2 cm³/mol. The first-order valence-corrected chi connectivity index (χ1v) is 6.00. The molecule has 0 fully saturated rings. The zero-order valence-electron chi connectivity index (χ0n) is 9.34. The molecule has 3 nitrogen and oxygen atoms in total. The van der Waals surface area contributed by atoms with Crippen LogP contribution in [0.15, 0.2) is 18.2 Å². The van der Waals surface area contributed by atoms with Crippen molar-refractivity contribution in [1.82, 2.24) is 5.32 Å². The fourth-order valence-electron chi connectivity index (χ4n) is 1.40. The Bertz CT molecular complexity index is 434. The van der Waals surface area contributed by atoms with E-state index in [1.54, 1.807) is 18.2 Å². The minimum Gasteiger partial charge on any atom is -0.336 e. The summed E-state index contributed by atoms with van der Waals surface area (Å²) < 4.78 is 0. The molecule has 1 N–H and O–H groups in total. The fourth-order valence-corrected chi connectivity index (χ4v) is 1.97. The van der Waals surface area contributed by atoms with E-state index in [0.717, 1.165) is 6.42 Å². The average Bonchev–Trinajstić information content (AvgIpc) is 2.28. The molecular weight excluding hydrogens is 259 g/mol. The number of benzene rings is 1. The van der Waals surface area contributed by atoms with Crippen molar-refractivity contribution >= 4 is 29.1 Å². The van der Waals surface area contributed by atoms with Crippen molar-refractivity contribution in [2.45, 2.75) is 25.8 Å². The molecule has 0 aromatic heterocycles. The van der Waals surface area contributed by atoms with E-state index >= 15 is 0 Å². The molecule has 1 rings (SSSR count). The number of carbonyl (C=O) groups excluding carboxylic acids is 1. The first kappa shape index (κ1) is 13.8. The van der Waals surface area contributed by atoms with E-state index in [1.807, 2.05) is 13.0 Å². The number of nitriles is 1. The van der Waals surface area contributed by atoms with Crippen LogP contribution in [-0.2, 0) is 0 Å². The van der Waals surface area contributed by atoms with Crippen molar-refractivity contribution in [3.63, 3.8) is 0 Å². The van der Waals surface area contributed by atoms with Crippen molar-refractivity contribution < 1.29 is 4.79 Å². The second-order valence-electron chi connectivity index (χ2n) is 3.54. The summed E-state index contributed by atoms with van der Waals surface area (Å²) >= 11 is 11.8. The highest BCUT2D eigenvalue weighted by atomic mass is 35.5. The van der Waals surface area contributed by atoms with Crippen molar-refractivity contribution in [2.24, 2.45) is 0 Å². The molecule has 0 aliphatic rings. The van der Waals surface area contributed by atoms with Crippen LogP contribution in [0.4, 0.5) is 0 Å². The normalized spacial score (nSPS) is 11.6. The second-order valence-corrected chi connectivity index (χ2v) is 4.35. The largest absolute Gasteiger partial charge is 0.336 e. The van der Waals surface area contributed by atoms with Gasteiger partial charge in [0.05, 0.1) is 21.7 Å². The van der Waals surface area contributed by atoms with Crippen molar-refractivity contribution in [3.8, 4) is 6.07 Å². The van der Waals surface area contributed by atoms with Gasteiger partial charge in [-0.3, -0.25) is 4.79 Å². The summed E-state index contributed by atoms with van der Waals surface area (Å²) in [7, 11) is 0. The molecule has 90 valence electrons. The van der Waals surface area contributed by atoms with Gasteiger partial charge in [-0.25, -0.2) is 0 Å². The standard InChI is InChI=1S/C12H12Cl2N2O/c1-2-4-8(7-15)16-12(17)11-9(13)5-3-6-10(11)14/h3,5-6,8H,2,4H2,1H3,(H,16,17). The van der Waals surface area contributed by atoms with Gasteiger partial charge in [-0.1, -0.05) is 42.6 Å². The molecule has 0 saturated carbocycles. The zero-order valence-corrected chi connectivity index (χ0v) is 10.8. The molecule has 17 heavy (non-hydrogen) atoms. The van der Waals surface area contributed by atoms with Crippen molar-refractivity contribution in [1.29, 1.82) is 5.26 Å². The van der Waals surface area contributed by atoms with E-state index in [4.69, 9.17) is 28.5 Å². The lowest BCUT2D eigenvalue weighted by atomic mass is 10.1. The van der Waals surface area contributed by atoms with Gasteiger partial charge >= 0.3 is 0 Å². The number of hydrogen-bond donors (Lipinski definition) is 1. The molecule has 1 aromatic carbocycles. The lowest BCUT2D eigenvalue weighted by Crippen LogP contribution is -2.33. The maximum absolute atomic E-state index is 11.9. The number of halogens is 2. The minimum atomic E-state index is -0.514. The smallest absolute Gasteiger partial charge is 0.255 e. The number of rotatable bonds is 4. The van der Waals surface area contributed by atoms with E-state index in [2.05, 4.69) is 5.32 Å². The average molecular weight is 271 g/mol. The summed E-state index contributed by atoms with van der Waals surface area (Å²) in [5.74, 6) is -0.416. The maximum Gasteiger partial charge on any atom is 0.255 e. The van der Waals surface area contributed by atoms with E-state index in [0.29, 0.717) is 6.42 Å². The van der Waals surface area contributed by atoms with Crippen LogP contribution in [0.25, 0.3) is 0 Å². The fraction of sp³-hybridized carbons (Fsp3) is 0.333. The van der Waals surface area contributed by atoms with E-state index in [9.17, 15) is 4.79 Å². The Morgan fingerprint density at radius 3 is 2.53 bits per heavy atom. The van der Waals surface area contributed by atoms with E-state index < -0.39 is 11.9 Å². The summed E-state index contributed by atoms with van der Waals surface area (Å²) in [6.45, 7) is 1.94. The molecule has 1 unspecified atom stereocenters. The summed E-state index contributed by atoms with van der Waals surface area (Å²) in [5, 5.41) is 12.0. The third-order valence-corrected chi connectivity index (χ3v) is 2.86. The highest BCUT2D eigenvalue weighted by molar-refractivity contribution is 6.39. The quantitative estimate of drug-likeness (QED) is 0.912. The van der Waals surface area contributed by atoms with Gasteiger partial charge in [0.25, 0.3) is 5.91 Å². The highest BCUT2D eigenvalue weighted by Crippen LogP contribution is 2.24. The number of hydrogen-bond acceptors (Lipinski definition) is 2. The molecule has 0 spiro atoms. The van der Waals surface area contributed by atoms with Crippen LogP contribution in [0.2, 0.25) is 10.0 Å². The Hall–Kier alpha value is -1.24. The SMILES string of the molecule is CCCC(C#N)NC(=O)c1c(Cl)cccc1Cl. The van der Waals surface area contributed by atoms with Crippen LogP contribution in [-0.4, -0.2) is 11.9 Å². The monoisotopic (exact) mass is 270 g/mol. The van der Waals surface area contributed by atoms with Crippen molar-refractivity contribution in [3.05, 3.63) is 33.8 Å². The predicted octanol–water partition coefficient (Wildman–Crippen LogP) is 3.42. The summed E-state index contributed by atoms with van der Waals surface area (Å²) in [6, 6.07) is 6.35. The van der Waals surface area contributed by atoms with E-state index in [1.165, 1.54) is 0 Å². The molecule has 0 aliphatic carbocycles. The van der Waals surface area contributed by atoms with Gasteiger partial charge in [0.2, 0.25) is 0 Å². The molecule has 0 saturated heterocycles. The number of amides is 1. The minimum absolute atomic E-state index is 0.215. The summed E-state index contributed by atoms with van der Waals surface area (Å²) in [5.41, 5.74) is 0.215. The molecule has 0 aliphatic heterocycles. The van der Waals surface area contributed by atoms with Gasteiger partial charge in [-0.2, -0.15) is 5.26 Å².